The number of nitrogens with one attached hydrogen (secondary N) is 1. The maximum Gasteiger partial charge on any atom is 0.326 e. The van der Waals surface area contributed by atoms with E-state index >= 15 is 0 Å². The van der Waals surface area contributed by atoms with E-state index in [0.717, 1.165) is 25.7 Å². The fourth-order valence-electron chi connectivity index (χ4n) is 2.39. The second-order valence-corrected chi connectivity index (χ2v) is 5.24. The molecule has 112 valence electrons. The summed E-state index contributed by atoms with van der Waals surface area (Å²) < 4.78 is 0. The van der Waals surface area contributed by atoms with E-state index in [1.54, 1.807) is 0 Å². The first-order chi connectivity index (χ1) is 9.02. The highest BCUT2D eigenvalue weighted by Gasteiger charge is 2.26. The highest BCUT2D eigenvalue weighted by Crippen LogP contribution is 2.19. The first kappa shape index (κ1) is 17.9. The normalized spacial score (nSPS) is 13.8. The number of hydrogen-bond acceptors (Lipinski definition) is 2. The predicted molar refractivity (Wildman–Crippen MR) is 77.0 cm³/mol. The molecule has 0 saturated heterocycles. The fourth-order valence-corrected chi connectivity index (χ4v) is 2.39. The zero-order chi connectivity index (χ0) is 14.7. The van der Waals surface area contributed by atoms with Crippen LogP contribution in [0.3, 0.4) is 0 Å². The van der Waals surface area contributed by atoms with Gasteiger partial charge in [-0.15, -0.1) is 0 Å². The molecule has 0 unspecified atom stereocenters. The molecule has 0 heterocycles. The van der Waals surface area contributed by atoms with Gasteiger partial charge in [-0.1, -0.05) is 58.8 Å². The summed E-state index contributed by atoms with van der Waals surface area (Å²) in [6.07, 6.45) is 8.87. The predicted octanol–water partition coefficient (Wildman–Crippen LogP) is 3.35. The van der Waals surface area contributed by atoms with Gasteiger partial charge >= 0.3 is 5.97 Å². The summed E-state index contributed by atoms with van der Waals surface area (Å²) in [5, 5.41) is 11.7. The topological polar surface area (TPSA) is 66.4 Å². The Balaban J connectivity index is 4.07. The van der Waals surface area contributed by atoms with E-state index in [1.165, 1.54) is 32.6 Å². The largest absolute Gasteiger partial charge is 0.480 e. The number of amides is 1. The minimum absolute atomic E-state index is 0.0348. The molecule has 1 amide bonds. The maximum atomic E-state index is 11.2. The summed E-state index contributed by atoms with van der Waals surface area (Å²) in [6.45, 7) is 5.55. The van der Waals surface area contributed by atoms with Crippen LogP contribution in [0.5, 0.6) is 0 Å². The van der Waals surface area contributed by atoms with Crippen LogP contribution < -0.4 is 5.32 Å². The number of carbonyl (C=O) groups excluding carboxylic acids is 1. The Morgan fingerprint density at radius 2 is 1.63 bits per heavy atom. The number of rotatable bonds is 11. The minimum Gasteiger partial charge on any atom is -0.480 e. The molecule has 0 spiro atoms. The third-order valence-electron chi connectivity index (χ3n) is 3.55. The summed E-state index contributed by atoms with van der Waals surface area (Å²) >= 11 is 0. The number of hydrogen-bond donors (Lipinski definition) is 2. The van der Waals surface area contributed by atoms with Crippen molar-refractivity contribution in [3.8, 4) is 0 Å². The Hall–Kier alpha value is -1.06. The summed E-state index contributed by atoms with van der Waals surface area (Å²) in [5.74, 6) is -1.16. The van der Waals surface area contributed by atoms with Gasteiger partial charge in [0, 0.05) is 6.92 Å². The molecule has 0 radical (unpaired) electrons. The zero-order valence-electron chi connectivity index (χ0n) is 12.6. The lowest BCUT2D eigenvalue weighted by Crippen LogP contribution is -2.45. The minimum atomic E-state index is -0.923. The highest BCUT2D eigenvalue weighted by molar-refractivity contribution is 5.82. The van der Waals surface area contributed by atoms with Crippen molar-refractivity contribution in [2.75, 3.05) is 0 Å². The van der Waals surface area contributed by atoms with Gasteiger partial charge in [-0.2, -0.15) is 0 Å². The standard InChI is InChI=1S/C15H29NO3/c1-4-6-7-8-9-10-11-13(5-2)14(15(18)19)16-12(3)17/h13-14H,4-11H2,1-3H3,(H,16,17)(H,18,19)/t13-,14+/m1/s1. The summed E-state index contributed by atoms with van der Waals surface area (Å²) in [6, 6.07) is -0.738. The van der Waals surface area contributed by atoms with Crippen LogP contribution in [0, 0.1) is 5.92 Å². The molecule has 2 atom stereocenters. The van der Waals surface area contributed by atoms with Gasteiger partial charge in [0.25, 0.3) is 0 Å². The van der Waals surface area contributed by atoms with E-state index in [9.17, 15) is 14.7 Å². The highest BCUT2D eigenvalue weighted by atomic mass is 16.4. The van der Waals surface area contributed by atoms with Crippen molar-refractivity contribution >= 4 is 11.9 Å². The molecular weight excluding hydrogens is 242 g/mol. The lowest BCUT2D eigenvalue weighted by molar-refractivity contribution is -0.143. The number of carboxylic acid groups (broad SMARTS) is 1. The average molecular weight is 271 g/mol. The Bertz CT molecular complexity index is 266. The van der Waals surface area contributed by atoms with E-state index in [1.807, 2.05) is 6.92 Å². The Morgan fingerprint density at radius 3 is 2.11 bits per heavy atom. The molecule has 2 N–H and O–H groups in total. The summed E-state index contributed by atoms with van der Waals surface area (Å²) in [7, 11) is 0. The van der Waals surface area contributed by atoms with E-state index in [0.29, 0.717) is 0 Å². The van der Waals surface area contributed by atoms with E-state index in [2.05, 4.69) is 12.2 Å². The zero-order valence-corrected chi connectivity index (χ0v) is 12.6. The third-order valence-corrected chi connectivity index (χ3v) is 3.55. The second-order valence-electron chi connectivity index (χ2n) is 5.24. The molecule has 0 aromatic rings. The van der Waals surface area contributed by atoms with Crippen LogP contribution in [-0.2, 0) is 9.59 Å². The number of carboxylic acids is 1. The second kappa shape index (κ2) is 10.8. The summed E-state index contributed by atoms with van der Waals surface area (Å²) in [4.78, 5) is 22.2. The van der Waals surface area contributed by atoms with Gasteiger partial charge in [-0.05, 0) is 12.3 Å². The molecule has 0 aliphatic heterocycles. The van der Waals surface area contributed by atoms with E-state index in [-0.39, 0.29) is 11.8 Å². The molecule has 4 heteroatoms. The number of unbranched alkanes of at least 4 members (excludes halogenated alkanes) is 5. The molecule has 0 bridgehead atoms. The fraction of sp³-hybridized carbons (Fsp3) is 0.867. The maximum absolute atomic E-state index is 11.2. The lowest BCUT2D eigenvalue weighted by atomic mass is 9.90. The number of carbonyl (C=O) groups is 2. The van der Waals surface area contributed by atoms with Crippen LogP contribution in [0.15, 0.2) is 0 Å². The molecule has 0 aliphatic rings. The Labute approximate surface area is 117 Å². The van der Waals surface area contributed by atoms with Gasteiger partial charge in [0.2, 0.25) is 5.91 Å². The van der Waals surface area contributed by atoms with Crippen molar-refractivity contribution in [2.24, 2.45) is 5.92 Å². The molecule has 19 heavy (non-hydrogen) atoms. The van der Waals surface area contributed by atoms with Crippen LogP contribution in [0.1, 0.15) is 72.1 Å². The smallest absolute Gasteiger partial charge is 0.326 e. The first-order valence-electron chi connectivity index (χ1n) is 7.52. The molecule has 0 fully saturated rings. The van der Waals surface area contributed by atoms with Gasteiger partial charge in [0.15, 0.2) is 0 Å². The molecule has 0 rings (SSSR count). The molecule has 0 aromatic carbocycles. The molecule has 4 nitrogen and oxygen atoms in total. The molecule has 0 aromatic heterocycles. The Kier molecular flexibility index (Phi) is 10.2. The SMILES string of the molecule is CCCCCCCC[C@@H](CC)[C@H](NC(C)=O)C(=O)O. The monoisotopic (exact) mass is 271 g/mol. The molecule has 0 saturated carbocycles. The van der Waals surface area contributed by atoms with Gasteiger partial charge in [0.05, 0.1) is 0 Å². The van der Waals surface area contributed by atoms with E-state index in [4.69, 9.17) is 0 Å². The number of aliphatic carboxylic acids is 1. The van der Waals surface area contributed by atoms with Crippen molar-refractivity contribution in [1.29, 1.82) is 0 Å². The van der Waals surface area contributed by atoms with Crippen LogP contribution in [0.4, 0.5) is 0 Å². The quantitative estimate of drug-likeness (QED) is 0.566. The van der Waals surface area contributed by atoms with Crippen molar-refractivity contribution < 1.29 is 14.7 Å². The van der Waals surface area contributed by atoms with Crippen molar-refractivity contribution in [3.63, 3.8) is 0 Å². The van der Waals surface area contributed by atoms with Crippen molar-refractivity contribution in [1.82, 2.24) is 5.32 Å². The van der Waals surface area contributed by atoms with Gasteiger partial charge < -0.3 is 10.4 Å². The molecule has 0 aliphatic carbocycles. The Morgan fingerprint density at radius 1 is 1.05 bits per heavy atom. The van der Waals surface area contributed by atoms with Crippen LogP contribution in [-0.4, -0.2) is 23.0 Å². The van der Waals surface area contributed by atoms with Crippen molar-refractivity contribution in [2.45, 2.75) is 78.2 Å². The van der Waals surface area contributed by atoms with E-state index < -0.39 is 12.0 Å². The summed E-state index contributed by atoms with van der Waals surface area (Å²) in [5.41, 5.74) is 0. The average Bonchev–Trinajstić information content (AvgIpc) is 2.35. The van der Waals surface area contributed by atoms with Gasteiger partial charge in [0.1, 0.15) is 6.04 Å². The first-order valence-corrected chi connectivity index (χ1v) is 7.52. The van der Waals surface area contributed by atoms with Crippen LogP contribution in [0.2, 0.25) is 0 Å². The van der Waals surface area contributed by atoms with Crippen LogP contribution in [0.25, 0.3) is 0 Å². The van der Waals surface area contributed by atoms with Crippen molar-refractivity contribution in [3.05, 3.63) is 0 Å². The molecular formula is C15H29NO3. The van der Waals surface area contributed by atoms with Crippen LogP contribution >= 0.6 is 0 Å². The van der Waals surface area contributed by atoms with Gasteiger partial charge in [-0.25, -0.2) is 4.79 Å². The van der Waals surface area contributed by atoms with Gasteiger partial charge in [-0.3, -0.25) is 4.79 Å². The third kappa shape index (κ3) is 8.62. The lowest BCUT2D eigenvalue weighted by Gasteiger charge is -2.23.